The fourth-order valence-electron chi connectivity index (χ4n) is 4.27. The lowest BCUT2D eigenvalue weighted by Gasteiger charge is -2.17. The molecule has 0 unspecified atom stereocenters. The second-order valence-corrected chi connectivity index (χ2v) is 10.1. The Balaban J connectivity index is 1.93. The predicted molar refractivity (Wildman–Crippen MR) is 161 cm³/mol. The molecule has 0 saturated heterocycles. The van der Waals surface area contributed by atoms with Crippen molar-refractivity contribution in [3.8, 4) is 28.6 Å². The fraction of sp³-hybridized carbons (Fsp3) is 0.258. The molecule has 0 spiro atoms. The van der Waals surface area contributed by atoms with Crippen molar-refractivity contribution in [1.82, 2.24) is 9.66 Å². The minimum Gasteiger partial charge on any atom is -0.496 e. The average molecular weight is 591 g/mol. The highest BCUT2D eigenvalue weighted by atomic mass is 79.9. The summed E-state index contributed by atoms with van der Waals surface area (Å²) in [6, 6.07) is 14.9. The van der Waals surface area contributed by atoms with Crippen molar-refractivity contribution in [2.24, 2.45) is 5.10 Å². The van der Waals surface area contributed by atoms with Crippen LogP contribution in [0.25, 0.3) is 22.3 Å². The number of aryl methyl sites for hydroxylation is 1. The molecule has 202 valence electrons. The summed E-state index contributed by atoms with van der Waals surface area (Å²) >= 11 is 3.60. The summed E-state index contributed by atoms with van der Waals surface area (Å²) in [5.74, 6) is 2.61. The van der Waals surface area contributed by atoms with E-state index < -0.39 is 0 Å². The molecule has 0 atom stereocenters. The second kappa shape index (κ2) is 12.3. The van der Waals surface area contributed by atoms with Crippen molar-refractivity contribution in [3.05, 3.63) is 92.7 Å². The number of nitrogens with zero attached hydrogens (tertiary/aromatic N) is 3. The minimum absolute atomic E-state index is 0.207. The first-order valence-corrected chi connectivity index (χ1v) is 13.5. The van der Waals surface area contributed by atoms with E-state index in [-0.39, 0.29) is 11.5 Å². The summed E-state index contributed by atoms with van der Waals surface area (Å²) in [7, 11) is 1.66. The molecule has 0 saturated carbocycles. The van der Waals surface area contributed by atoms with Gasteiger partial charge in [0.2, 0.25) is 0 Å². The first kappa shape index (κ1) is 28.1. The molecule has 0 N–H and O–H groups in total. The standard InChI is InChI=1S/C31H32BrN3O4/c1-7-13-39-29-17-25(32)21(15-28(29)38-8-2)18-33-35-30(34-26-12-10-9-11-22(26)31(35)36)24-16-23(19(3)4)27(37-6)14-20(24)5/h7,9-12,14-19H,1,8,13H2,2-6H3. The summed E-state index contributed by atoms with van der Waals surface area (Å²) < 4.78 is 19.3. The van der Waals surface area contributed by atoms with E-state index in [2.05, 4.69) is 41.5 Å². The van der Waals surface area contributed by atoms with Gasteiger partial charge in [0.15, 0.2) is 17.3 Å². The predicted octanol–water partition coefficient (Wildman–Crippen LogP) is 7.11. The van der Waals surface area contributed by atoms with E-state index in [0.717, 1.165) is 26.9 Å². The monoisotopic (exact) mass is 589 g/mol. The summed E-state index contributed by atoms with van der Waals surface area (Å²) in [6.07, 6.45) is 3.29. The maximum atomic E-state index is 13.7. The van der Waals surface area contributed by atoms with E-state index in [1.807, 2.05) is 56.3 Å². The third-order valence-corrected chi connectivity index (χ3v) is 6.91. The topological polar surface area (TPSA) is 74.9 Å². The van der Waals surface area contributed by atoms with Crippen molar-refractivity contribution in [2.75, 3.05) is 20.3 Å². The molecule has 4 rings (SSSR count). The van der Waals surface area contributed by atoms with Crippen molar-refractivity contribution in [3.63, 3.8) is 0 Å². The van der Waals surface area contributed by atoms with Crippen LogP contribution in [-0.4, -0.2) is 36.2 Å². The molecule has 0 aliphatic heterocycles. The lowest BCUT2D eigenvalue weighted by atomic mass is 9.96. The zero-order chi connectivity index (χ0) is 28.1. The highest BCUT2D eigenvalue weighted by Crippen LogP contribution is 2.35. The molecular formula is C31H32BrN3O4. The molecule has 0 radical (unpaired) electrons. The molecule has 39 heavy (non-hydrogen) atoms. The summed E-state index contributed by atoms with van der Waals surface area (Å²) in [5, 5.41) is 5.14. The molecule has 7 nitrogen and oxygen atoms in total. The van der Waals surface area contributed by atoms with Crippen LogP contribution in [0.5, 0.6) is 17.2 Å². The Morgan fingerprint density at radius 1 is 1.10 bits per heavy atom. The Morgan fingerprint density at radius 2 is 1.85 bits per heavy atom. The molecule has 1 aromatic heterocycles. The van der Waals surface area contributed by atoms with Crippen LogP contribution in [-0.2, 0) is 0 Å². The van der Waals surface area contributed by atoms with Crippen molar-refractivity contribution in [2.45, 2.75) is 33.6 Å². The fourth-order valence-corrected chi connectivity index (χ4v) is 4.70. The highest BCUT2D eigenvalue weighted by molar-refractivity contribution is 9.10. The number of aromatic nitrogens is 2. The lowest BCUT2D eigenvalue weighted by Crippen LogP contribution is -2.21. The molecule has 0 fully saturated rings. The third-order valence-electron chi connectivity index (χ3n) is 6.23. The Morgan fingerprint density at radius 3 is 2.54 bits per heavy atom. The lowest BCUT2D eigenvalue weighted by molar-refractivity contribution is 0.296. The molecule has 4 aromatic rings. The first-order chi connectivity index (χ1) is 18.8. The maximum absolute atomic E-state index is 13.7. The number of benzene rings is 3. The SMILES string of the molecule is C=CCOc1cc(Br)c(C=Nn2c(-c3cc(C(C)C)c(OC)cc3C)nc3ccccc3c2=O)cc1OCC. The molecule has 0 amide bonds. The number of fused-ring (bicyclic) bond motifs is 1. The smallest absolute Gasteiger partial charge is 0.282 e. The van der Waals surface area contributed by atoms with Crippen LogP contribution in [0.1, 0.15) is 43.4 Å². The van der Waals surface area contributed by atoms with Gasteiger partial charge in [0, 0.05) is 15.6 Å². The molecular weight excluding hydrogens is 558 g/mol. The van der Waals surface area contributed by atoms with Gasteiger partial charge in [-0.05, 0) is 83.2 Å². The van der Waals surface area contributed by atoms with Gasteiger partial charge in [-0.1, -0.05) is 38.6 Å². The van der Waals surface area contributed by atoms with E-state index in [1.54, 1.807) is 25.5 Å². The molecule has 0 bridgehead atoms. The van der Waals surface area contributed by atoms with Gasteiger partial charge in [-0.3, -0.25) is 4.79 Å². The maximum Gasteiger partial charge on any atom is 0.282 e. The van der Waals surface area contributed by atoms with E-state index in [9.17, 15) is 4.79 Å². The molecule has 1 heterocycles. The van der Waals surface area contributed by atoms with Crippen LogP contribution in [0.3, 0.4) is 0 Å². The number of hydrogen-bond donors (Lipinski definition) is 0. The van der Waals surface area contributed by atoms with Crippen LogP contribution in [0.15, 0.2) is 75.6 Å². The number of para-hydroxylation sites is 1. The van der Waals surface area contributed by atoms with E-state index in [0.29, 0.717) is 47.0 Å². The average Bonchev–Trinajstić information content (AvgIpc) is 2.92. The summed E-state index contributed by atoms with van der Waals surface area (Å²) in [6.45, 7) is 12.6. The molecule has 0 aliphatic rings. The van der Waals surface area contributed by atoms with Gasteiger partial charge in [-0.25, -0.2) is 4.98 Å². The molecule has 3 aromatic carbocycles. The van der Waals surface area contributed by atoms with Crippen LogP contribution in [0.2, 0.25) is 0 Å². The zero-order valence-electron chi connectivity index (χ0n) is 22.8. The number of ether oxygens (including phenoxy) is 3. The van der Waals surface area contributed by atoms with Crippen LogP contribution >= 0.6 is 15.9 Å². The van der Waals surface area contributed by atoms with Gasteiger partial charge < -0.3 is 14.2 Å². The quantitative estimate of drug-likeness (QED) is 0.145. The Hall–Kier alpha value is -3.91. The highest BCUT2D eigenvalue weighted by Gasteiger charge is 2.18. The largest absolute Gasteiger partial charge is 0.496 e. The van der Waals surface area contributed by atoms with E-state index >= 15 is 0 Å². The van der Waals surface area contributed by atoms with Crippen molar-refractivity contribution < 1.29 is 14.2 Å². The number of rotatable bonds is 10. The Bertz CT molecular complexity index is 1610. The minimum atomic E-state index is -0.264. The van der Waals surface area contributed by atoms with Gasteiger partial charge in [0.1, 0.15) is 12.4 Å². The summed E-state index contributed by atoms with van der Waals surface area (Å²) in [4.78, 5) is 18.6. The van der Waals surface area contributed by atoms with Gasteiger partial charge in [-0.15, -0.1) is 0 Å². The van der Waals surface area contributed by atoms with Gasteiger partial charge in [0.25, 0.3) is 5.56 Å². The number of hydrogen-bond acceptors (Lipinski definition) is 6. The number of halogens is 1. The molecule has 8 heteroatoms. The van der Waals surface area contributed by atoms with Gasteiger partial charge >= 0.3 is 0 Å². The third kappa shape index (κ3) is 5.91. The second-order valence-electron chi connectivity index (χ2n) is 9.23. The van der Waals surface area contributed by atoms with Crippen LogP contribution < -0.4 is 19.8 Å². The van der Waals surface area contributed by atoms with E-state index in [4.69, 9.17) is 19.2 Å². The van der Waals surface area contributed by atoms with Crippen LogP contribution in [0.4, 0.5) is 0 Å². The van der Waals surface area contributed by atoms with Crippen molar-refractivity contribution in [1.29, 1.82) is 0 Å². The van der Waals surface area contributed by atoms with Gasteiger partial charge in [0.05, 0.1) is 30.8 Å². The zero-order valence-corrected chi connectivity index (χ0v) is 24.4. The Labute approximate surface area is 236 Å². The molecule has 0 aliphatic carbocycles. The normalized spacial score (nSPS) is 11.4. The van der Waals surface area contributed by atoms with Gasteiger partial charge in [-0.2, -0.15) is 9.78 Å². The first-order valence-electron chi connectivity index (χ1n) is 12.7. The Kier molecular flexibility index (Phi) is 8.86. The van der Waals surface area contributed by atoms with Crippen molar-refractivity contribution >= 4 is 33.0 Å². The van der Waals surface area contributed by atoms with E-state index in [1.165, 1.54) is 4.68 Å². The summed E-state index contributed by atoms with van der Waals surface area (Å²) in [5.41, 5.74) is 3.81. The van der Waals surface area contributed by atoms with Crippen LogP contribution in [0, 0.1) is 6.92 Å². The number of methoxy groups -OCH3 is 1.